The van der Waals surface area contributed by atoms with E-state index in [1.54, 1.807) is 34.7 Å². The fraction of sp³-hybridized carbons (Fsp3) is 0.417. The lowest BCUT2D eigenvalue weighted by Crippen LogP contribution is -2.29. The number of azide groups is 1. The second-order valence-electron chi connectivity index (χ2n) is 4.78. The van der Waals surface area contributed by atoms with Crippen LogP contribution in [0.25, 0.3) is 16.1 Å². The first-order valence-electron chi connectivity index (χ1n) is 6.34. The Morgan fingerprint density at radius 2 is 2.40 bits per heavy atom. The molecule has 1 saturated heterocycles. The van der Waals surface area contributed by atoms with Crippen molar-refractivity contribution in [3.8, 4) is 0 Å². The zero-order valence-electron chi connectivity index (χ0n) is 11.0. The first kappa shape index (κ1) is 12.4. The molecule has 2 aromatic rings. The van der Waals surface area contributed by atoms with Crippen molar-refractivity contribution in [3.05, 3.63) is 40.2 Å². The molecule has 1 atom stereocenters. The zero-order valence-corrected chi connectivity index (χ0v) is 11.0. The van der Waals surface area contributed by atoms with Crippen molar-refractivity contribution < 1.29 is 4.79 Å². The van der Waals surface area contributed by atoms with Crippen LogP contribution in [0.1, 0.15) is 22.6 Å². The molecule has 1 amide bonds. The van der Waals surface area contributed by atoms with Crippen LogP contribution in [0.2, 0.25) is 0 Å². The molecule has 1 fully saturated rings. The number of likely N-dealkylation sites (tertiary alicyclic amines) is 1. The van der Waals surface area contributed by atoms with Gasteiger partial charge in [-0.2, -0.15) is 5.10 Å². The van der Waals surface area contributed by atoms with Gasteiger partial charge in [0.1, 0.15) is 5.82 Å². The third kappa shape index (κ3) is 2.17. The number of nitrogens with zero attached hydrogens (tertiary/aromatic N) is 7. The second-order valence-corrected chi connectivity index (χ2v) is 4.78. The summed E-state index contributed by atoms with van der Waals surface area (Å²) in [4.78, 5) is 21.1. The maximum atomic E-state index is 12.4. The molecule has 102 valence electrons. The van der Waals surface area contributed by atoms with Crippen LogP contribution in [0.5, 0.6) is 0 Å². The molecule has 1 aliphatic rings. The lowest BCUT2D eigenvalue weighted by molar-refractivity contribution is 0.0790. The molecule has 3 rings (SSSR count). The Balaban J connectivity index is 1.83. The molecule has 0 bridgehead atoms. The van der Waals surface area contributed by atoms with Crippen LogP contribution in [-0.2, 0) is 0 Å². The van der Waals surface area contributed by atoms with Gasteiger partial charge >= 0.3 is 0 Å². The van der Waals surface area contributed by atoms with Crippen LogP contribution in [0, 0.1) is 6.92 Å². The van der Waals surface area contributed by atoms with E-state index in [4.69, 9.17) is 5.53 Å². The zero-order chi connectivity index (χ0) is 14.1. The van der Waals surface area contributed by atoms with Gasteiger partial charge in [-0.25, -0.2) is 9.50 Å². The number of amides is 1. The summed E-state index contributed by atoms with van der Waals surface area (Å²) in [6.07, 6.45) is 2.39. The van der Waals surface area contributed by atoms with Gasteiger partial charge in [0.2, 0.25) is 0 Å². The van der Waals surface area contributed by atoms with Crippen LogP contribution in [0.3, 0.4) is 0 Å². The smallest absolute Gasteiger partial charge is 0.255 e. The number of hydrogen-bond donors (Lipinski definition) is 0. The second kappa shape index (κ2) is 4.82. The van der Waals surface area contributed by atoms with Gasteiger partial charge in [0.15, 0.2) is 5.65 Å². The van der Waals surface area contributed by atoms with Crippen LogP contribution in [-0.4, -0.2) is 44.5 Å². The van der Waals surface area contributed by atoms with E-state index in [2.05, 4.69) is 20.1 Å². The summed E-state index contributed by atoms with van der Waals surface area (Å²) >= 11 is 0. The molecule has 1 aliphatic heterocycles. The monoisotopic (exact) mass is 271 g/mol. The Morgan fingerprint density at radius 1 is 1.55 bits per heavy atom. The number of hydrogen-bond acceptors (Lipinski definition) is 4. The Morgan fingerprint density at radius 3 is 3.20 bits per heavy atom. The largest absolute Gasteiger partial charge is 0.338 e. The third-order valence-electron chi connectivity index (χ3n) is 3.35. The summed E-state index contributed by atoms with van der Waals surface area (Å²) in [5.41, 5.74) is 9.70. The molecule has 0 aromatic carbocycles. The van der Waals surface area contributed by atoms with Gasteiger partial charge in [0.05, 0.1) is 11.6 Å². The molecule has 0 N–H and O–H groups in total. The third-order valence-corrected chi connectivity index (χ3v) is 3.35. The van der Waals surface area contributed by atoms with Crippen LogP contribution in [0.15, 0.2) is 23.4 Å². The molecule has 0 radical (unpaired) electrons. The van der Waals surface area contributed by atoms with Gasteiger partial charge in [-0.3, -0.25) is 4.79 Å². The van der Waals surface area contributed by atoms with E-state index >= 15 is 0 Å². The predicted molar refractivity (Wildman–Crippen MR) is 71.2 cm³/mol. The number of rotatable bonds is 2. The number of aromatic nitrogens is 3. The van der Waals surface area contributed by atoms with E-state index in [1.807, 2.05) is 0 Å². The Hall–Kier alpha value is -2.60. The summed E-state index contributed by atoms with van der Waals surface area (Å²) in [6.45, 7) is 2.88. The molecule has 0 saturated carbocycles. The van der Waals surface area contributed by atoms with Gasteiger partial charge < -0.3 is 4.90 Å². The minimum absolute atomic E-state index is 0.0734. The average Bonchev–Trinajstić information content (AvgIpc) is 3.02. The highest BCUT2D eigenvalue weighted by atomic mass is 16.2. The lowest BCUT2D eigenvalue weighted by atomic mass is 10.2. The molecule has 0 spiro atoms. The number of carbonyl (C=O) groups excluding carboxylic acids is 1. The molecular formula is C12H13N7O. The summed E-state index contributed by atoms with van der Waals surface area (Å²) in [6, 6.07) is 3.39. The molecule has 2 aromatic heterocycles. The van der Waals surface area contributed by atoms with E-state index in [0.717, 1.165) is 0 Å². The van der Waals surface area contributed by atoms with E-state index in [9.17, 15) is 4.79 Å². The van der Waals surface area contributed by atoms with E-state index in [1.165, 1.54) is 0 Å². The first-order valence-corrected chi connectivity index (χ1v) is 6.34. The topological polar surface area (TPSA) is 99.3 Å². The van der Waals surface area contributed by atoms with Crippen molar-refractivity contribution in [1.29, 1.82) is 0 Å². The number of pyridine rings is 1. The highest BCUT2D eigenvalue weighted by Gasteiger charge is 2.26. The standard InChI is InChI=1S/C12H13N7O/c1-8-14-11-3-2-9(6-19(11)16-8)12(20)18-5-4-10(7-18)15-17-13/h2-3,6,10H,4-5,7H2,1H3. The van der Waals surface area contributed by atoms with E-state index in [-0.39, 0.29) is 11.9 Å². The molecule has 8 heteroatoms. The fourth-order valence-corrected chi connectivity index (χ4v) is 2.40. The molecular weight excluding hydrogens is 258 g/mol. The Kier molecular flexibility index (Phi) is 3.00. The summed E-state index contributed by atoms with van der Waals surface area (Å²) in [5, 5.41) is 7.86. The Bertz CT molecular complexity index is 716. The normalized spacial score (nSPS) is 18.2. The van der Waals surface area contributed by atoms with Crippen LogP contribution < -0.4 is 0 Å². The molecule has 8 nitrogen and oxygen atoms in total. The van der Waals surface area contributed by atoms with Crippen molar-refractivity contribution in [2.24, 2.45) is 5.11 Å². The van der Waals surface area contributed by atoms with Gasteiger partial charge in [0, 0.05) is 24.2 Å². The highest BCUT2D eigenvalue weighted by Crippen LogP contribution is 2.16. The minimum atomic E-state index is -0.124. The fourth-order valence-electron chi connectivity index (χ4n) is 2.40. The number of fused-ring (bicyclic) bond motifs is 1. The van der Waals surface area contributed by atoms with Gasteiger partial charge in [-0.05, 0) is 31.0 Å². The van der Waals surface area contributed by atoms with Gasteiger partial charge in [-0.15, -0.1) is 0 Å². The number of carbonyl (C=O) groups is 1. The molecule has 0 aliphatic carbocycles. The van der Waals surface area contributed by atoms with Crippen molar-refractivity contribution >= 4 is 11.6 Å². The van der Waals surface area contributed by atoms with E-state index < -0.39 is 0 Å². The van der Waals surface area contributed by atoms with Crippen molar-refractivity contribution in [2.75, 3.05) is 13.1 Å². The maximum Gasteiger partial charge on any atom is 0.255 e. The average molecular weight is 271 g/mol. The van der Waals surface area contributed by atoms with Gasteiger partial charge in [0.25, 0.3) is 5.91 Å². The predicted octanol–water partition coefficient (Wildman–Crippen LogP) is 1.56. The number of aryl methyl sites for hydroxylation is 1. The summed E-state index contributed by atoms with van der Waals surface area (Å²) < 4.78 is 1.60. The summed E-state index contributed by atoms with van der Waals surface area (Å²) in [7, 11) is 0. The van der Waals surface area contributed by atoms with Crippen molar-refractivity contribution in [3.63, 3.8) is 0 Å². The Labute approximate surface area is 114 Å². The van der Waals surface area contributed by atoms with Crippen LogP contribution in [0.4, 0.5) is 0 Å². The SMILES string of the molecule is Cc1nc2ccc(C(=O)N3CCC(N=[N+]=[N-])C3)cn2n1. The summed E-state index contributed by atoms with van der Waals surface area (Å²) in [5.74, 6) is 0.592. The lowest BCUT2D eigenvalue weighted by Gasteiger charge is -2.15. The van der Waals surface area contributed by atoms with Crippen molar-refractivity contribution in [1.82, 2.24) is 19.5 Å². The minimum Gasteiger partial charge on any atom is -0.338 e. The van der Waals surface area contributed by atoms with Crippen molar-refractivity contribution in [2.45, 2.75) is 19.4 Å². The first-order chi connectivity index (χ1) is 9.67. The quantitative estimate of drug-likeness (QED) is 0.470. The highest BCUT2D eigenvalue weighted by molar-refractivity contribution is 5.94. The molecule has 1 unspecified atom stereocenters. The van der Waals surface area contributed by atoms with Crippen LogP contribution >= 0.6 is 0 Å². The molecule has 20 heavy (non-hydrogen) atoms. The maximum absolute atomic E-state index is 12.4. The molecule has 3 heterocycles. The van der Waals surface area contributed by atoms with Gasteiger partial charge in [-0.1, -0.05) is 5.11 Å². The van der Waals surface area contributed by atoms with E-state index in [0.29, 0.717) is 36.5 Å².